The molecule has 0 N–H and O–H groups in total. The van der Waals surface area contributed by atoms with Crippen molar-refractivity contribution in [2.24, 2.45) is 5.92 Å². The fourth-order valence-corrected chi connectivity index (χ4v) is 1.94. The molecule has 0 radical (unpaired) electrons. The van der Waals surface area contributed by atoms with E-state index >= 15 is 0 Å². The first kappa shape index (κ1) is 15.1. The van der Waals surface area contributed by atoms with Crippen LogP contribution in [0.1, 0.15) is 42.1 Å². The maximum absolute atomic E-state index is 11.4. The lowest BCUT2D eigenvalue weighted by Crippen LogP contribution is -2.26. The van der Waals surface area contributed by atoms with Crippen LogP contribution in [-0.4, -0.2) is 44.8 Å². The Balaban J connectivity index is 1.77. The highest BCUT2D eigenvalue weighted by atomic mass is 16.5. The van der Waals surface area contributed by atoms with Crippen molar-refractivity contribution in [3.8, 4) is 0 Å². The summed E-state index contributed by atoms with van der Waals surface area (Å²) in [4.78, 5) is 13.5. The number of carbonyl (C=O) groups excluding carboxylic acids is 1. The van der Waals surface area contributed by atoms with Gasteiger partial charge in [0.25, 0.3) is 0 Å². The monoisotopic (exact) mass is 281 g/mol. The maximum atomic E-state index is 11.4. The van der Waals surface area contributed by atoms with Gasteiger partial charge in [0.05, 0.1) is 19.8 Å². The van der Waals surface area contributed by atoms with Gasteiger partial charge in [-0.2, -0.15) is 0 Å². The van der Waals surface area contributed by atoms with Crippen LogP contribution in [0.15, 0.2) is 16.5 Å². The van der Waals surface area contributed by atoms with Crippen molar-refractivity contribution in [3.05, 3.63) is 23.7 Å². The summed E-state index contributed by atoms with van der Waals surface area (Å²) in [6, 6.07) is 3.56. The zero-order valence-corrected chi connectivity index (χ0v) is 12.4. The minimum atomic E-state index is -0.445. The first-order chi connectivity index (χ1) is 9.61. The number of ether oxygens (including phenoxy) is 2. The number of methoxy groups -OCH3 is 1. The molecule has 1 aliphatic carbocycles. The van der Waals surface area contributed by atoms with E-state index in [0.717, 1.165) is 31.4 Å². The molecular formula is C15H23NO4. The number of hydrogen-bond donors (Lipinski definition) is 0. The molecule has 1 heterocycles. The van der Waals surface area contributed by atoms with Gasteiger partial charge in [-0.3, -0.25) is 4.90 Å². The molecule has 0 spiro atoms. The van der Waals surface area contributed by atoms with E-state index in [-0.39, 0.29) is 11.8 Å². The van der Waals surface area contributed by atoms with Gasteiger partial charge in [0.2, 0.25) is 5.76 Å². The number of rotatable bonds is 8. The topological polar surface area (TPSA) is 51.9 Å². The molecule has 1 atom stereocenters. The number of furan rings is 1. The average Bonchev–Trinajstić information content (AvgIpc) is 3.15. The summed E-state index contributed by atoms with van der Waals surface area (Å²) in [5, 5.41) is 0. The number of likely N-dealkylation sites (N-methyl/N-ethyl adjacent to an activating group) is 1. The smallest absolute Gasteiger partial charge is 0.373 e. The zero-order chi connectivity index (χ0) is 14.5. The predicted octanol–water partition coefficient (Wildman–Crippen LogP) is 2.49. The Morgan fingerprint density at radius 1 is 1.50 bits per heavy atom. The Labute approximate surface area is 119 Å². The van der Waals surface area contributed by atoms with Crippen LogP contribution in [0.3, 0.4) is 0 Å². The fraction of sp³-hybridized carbons (Fsp3) is 0.667. The van der Waals surface area contributed by atoms with E-state index in [0.29, 0.717) is 0 Å². The second-order valence-corrected chi connectivity index (χ2v) is 5.37. The summed E-state index contributed by atoms with van der Waals surface area (Å²) in [6.45, 7) is 4.49. The summed E-state index contributed by atoms with van der Waals surface area (Å²) in [7, 11) is 3.36. The van der Waals surface area contributed by atoms with Gasteiger partial charge in [0, 0.05) is 13.2 Å². The first-order valence-corrected chi connectivity index (χ1v) is 7.08. The summed E-state index contributed by atoms with van der Waals surface area (Å²) in [5.41, 5.74) is 0. The molecule has 1 unspecified atom stereocenters. The zero-order valence-electron chi connectivity index (χ0n) is 12.4. The lowest BCUT2D eigenvalue weighted by Gasteiger charge is -2.22. The molecule has 0 bridgehead atoms. The quantitative estimate of drug-likeness (QED) is 0.541. The number of hydrogen-bond acceptors (Lipinski definition) is 5. The Morgan fingerprint density at radius 3 is 2.90 bits per heavy atom. The van der Waals surface area contributed by atoms with Crippen LogP contribution in [0.5, 0.6) is 0 Å². The van der Waals surface area contributed by atoms with E-state index in [9.17, 15) is 4.79 Å². The van der Waals surface area contributed by atoms with Crippen LogP contribution < -0.4 is 0 Å². The van der Waals surface area contributed by atoms with Crippen LogP contribution in [-0.2, 0) is 9.47 Å². The van der Waals surface area contributed by atoms with Gasteiger partial charge in [-0.1, -0.05) is 0 Å². The van der Waals surface area contributed by atoms with E-state index in [2.05, 4.69) is 9.64 Å². The van der Waals surface area contributed by atoms with Crippen LogP contribution in [0.2, 0.25) is 0 Å². The molecule has 1 fully saturated rings. The standard InChI is InChI=1S/C15H23NO4/c1-11(13-6-7-14(20-13)15(17)18-3)16(2)8-9-19-10-12-4-5-12/h6-7,11-12H,4-5,8-10H2,1-3H3. The van der Waals surface area contributed by atoms with Gasteiger partial charge >= 0.3 is 5.97 Å². The minimum Gasteiger partial charge on any atom is -0.463 e. The van der Waals surface area contributed by atoms with Crippen LogP contribution >= 0.6 is 0 Å². The minimum absolute atomic E-state index is 0.0953. The largest absolute Gasteiger partial charge is 0.463 e. The lowest BCUT2D eigenvalue weighted by molar-refractivity contribution is 0.0556. The molecule has 5 heteroatoms. The lowest BCUT2D eigenvalue weighted by atomic mass is 10.2. The summed E-state index contributed by atoms with van der Waals surface area (Å²) >= 11 is 0. The van der Waals surface area contributed by atoms with Crippen LogP contribution in [0.25, 0.3) is 0 Å². The molecule has 0 aliphatic heterocycles. The molecule has 2 rings (SSSR count). The van der Waals surface area contributed by atoms with E-state index in [4.69, 9.17) is 9.15 Å². The third-order valence-electron chi connectivity index (χ3n) is 3.73. The SMILES string of the molecule is COC(=O)c1ccc(C(C)N(C)CCOCC2CC2)o1. The molecule has 112 valence electrons. The third kappa shape index (κ3) is 4.08. The highest BCUT2D eigenvalue weighted by Crippen LogP contribution is 2.28. The molecule has 1 aromatic heterocycles. The van der Waals surface area contributed by atoms with Gasteiger partial charge in [-0.25, -0.2) is 4.79 Å². The first-order valence-electron chi connectivity index (χ1n) is 7.08. The maximum Gasteiger partial charge on any atom is 0.373 e. The van der Waals surface area contributed by atoms with Gasteiger partial charge in [0.15, 0.2) is 0 Å². The van der Waals surface area contributed by atoms with E-state index < -0.39 is 5.97 Å². The number of esters is 1. The van der Waals surface area contributed by atoms with Gasteiger partial charge < -0.3 is 13.9 Å². The Hall–Kier alpha value is -1.33. The number of nitrogens with zero attached hydrogens (tertiary/aromatic N) is 1. The second kappa shape index (κ2) is 6.90. The molecule has 0 amide bonds. The van der Waals surface area contributed by atoms with Crippen molar-refractivity contribution < 1.29 is 18.7 Å². The molecular weight excluding hydrogens is 258 g/mol. The van der Waals surface area contributed by atoms with Gasteiger partial charge in [-0.15, -0.1) is 0 Å². The van der Waals surface area contributed by atoms with E-state index in [1.165, 1.54) is 20.0 Å². The van der Waals surface area contributed by atoms with Crippen LogP contribution in [0, 0.1) is 5.92 Å². The Bertz CT molecular complexity index is 439. The molecule has 20 heavy (non-hydrogen) atoms. The Kier molecular flexibility index (Phi) is 5.20. The normalized spacial score (nSPS) is 16.4. The fourth-order valence-electron chi connectivity index (χ4n) is 1.94. The Morgan fingerprint density at radius 2 is 2.25 bits per heavy atom. The van der Waals surface area contributed by atoms with Gasteiger partial charge in [0.1, 0.15) is 5.76 Å². The van der Waals surface area contributed by atoms with Crippen molar-refractivity contribution in [1.29, 1.82) is 0 Å². The predicted molar refractivity (Wildman–Crippen MR) is 74.6 cm³/mol. The van der Waals surface area contributed by atoms with Crippen molar-refractivity contribution >= 4 is 5.97 Å². The van der Waals surface area contributed by atoms with E-state index in [1.54, 1.807) is 6.07 Å². The van der Waals surface area contributed by atoms with Crippen molar-refractivity contribution in [1.82, 2.24) is 4.90 Å². The van der Waals surface area contributed by atoms with Crippen LogP contribution in [0.4, 0.5) is 0 Å². The van der Waals surface area contributed by atoms with Crippen molar-refractivity contribution in [2.45, 2.75) is 25.8 Å². The molecule has 1 aromatic rings. The summed E-state index contributed by atoms with van der Waals surface area (Å²) in [5.74, 6) is 1.35. The number of carbonyl (C=O) groups is 1. The molecule has 5 nitrogen and oxygen atoms in total. The highest BCUT2D eigenvalue weighted by molar-refractivity contribution is 5.86. The second-order valence-electron chi connectivity index (χ2n) is 5.37. The molecule has 0 aromatic carbocycles. The summed E-state index contributed by atoms with van der Waals surface area (Å²) < 4.78 is 15.8. The van der Waals surface area contributed by atoms with Crippen molar-refractivity contribution in [2.75, 3.05) is 33.9 Å². The molecule has 0 saturated heterocycles. The molecule has 1 aliphatic rings. The average molecular weight is 281 g/mol. The van der Waals surface area contributed by atoms with Crippen molar-refractivity contribution in [3.63, 3.8) is 0 Å². The van der Waals surface area contributed by atoms with Gasteiger partial charge in [-0.05, 0) is 44.9 Å². The summed E-state index contributed by atoms with van der Waals surface area (Å²) in [6.07, 6.45) is 2.63. The molecule has 1 saturated carbocycles. The van der Waals surface area contributed by atoms with E-state index in [1.807, 2.05) is 20.0 Å². The third-order valence-corrected chi connectivity index (χ3v) is 3.73. The highest BCUT2D eigenvalue weighted by Gasteiger charge is 2.22.